The summed E-state index contributed by atoms with van der Waals surface area (Å²) < 4.78 is 17.3. The lowest BCUT2D eigenvalue weighted by atomic mass is 9.90. The molecule has 0 bridgehead atoms. The van der Waals surface area contributed by atoms with Crippen LogP contribution in [0.4, 0.5) is 4.39 Å². The number of halogens is 2. The fourth-order valence-electron chi connectivity index (χ4n) is 4.66. The van der Waals surface area contributed by atoms with Gasteiger partial charge in [0, 0.05) is 37.7 Å². The van der Waals surface area contributed by atoms with Gasteiger partial charge >= 0.3 is 5.97 Å². The maximum atomic E-state index is 14.5. The zero-order valence-corrected chi connectivity index (χ0v) is 21.2. The van der Waals surface area contributed by atoms with Crippen LogP contribution in [0.3, 0.4) is 0 Å². The van der Waals surface area contributed by atoms with Gasteiger partial charge in [0.25, 0.3) is 5.91 Å². The van der Waals surface area contributed by atoms with Gasteiger partial charge in [0.2, 0.25) is 0 Å². The average Bonchev–Trinajstić information content (AvgIpc) is 3.50. The molecule has 0 spiro atoms. The third-order valence-electron chi connectivity index (χ3n) is 6.67. The van der Waals surface area contributed by atoms with Gasteiger partial charge < -0.3 is 10.0 Å². The number of aromatic nitrogens is 5. The number of ketones is 1. The standard InChI is InChI=1S/C26H22ClFN6O4/c1-14-22-18(30-32(14)2)10-11-33(24(22)21(35)12-15-6-8-16(9-7-15)26(37)38)25(36)19-13-34(31-29-19)20-5-3-4-17(27)23(20)28/h3-9,13,24H,10-12H2,1-2H3,(H,37,38). The summed E-state index contributed by atoms with van der Waals surface area (Å²) in [6.07, 6.45) is 1.72. The van der Waals surface area contributed by atoms with Crippen molar-refractivity contribution in [2.75, 3.05) is 6.54 Å². The van der Waals surface area contributed by atoms with Crippen LogP contribution in [-0.2, 0) is 24.7 Å². The second kappa shape index (κ2) is 9.82. The summed E-state index contributed by atoms with van der Waals surface area (Å²) in [5.74, 6) is -2.55. The number of carboxylic acid groups (broad SMARTS) is 1. The van der Waals surface area contributed by atoms with Crippen LogP contribution in [0, 0.1) is 12.7 Å². The minimum absolute atomic E-state index is 0.0253. The van der Waals surface area contributed by atoms with Gasteiger partial charge in [-0.15, -0.1) is 5.10 Å². The number of amides is 1. The maximum absolute atomic E-state index is 14.5. The summed E-state index contributed by atoms with van der Waals surface area (Å²) in [5.41, 5.74) is 2.85. The molecular formula is C26H22ClFN6O4. The third-order valence-corrected chi connectivity index (χ3v) is 6.96. The van der Waals surface area contributed by atoms with E-state index in [1.165, 1.54) is 35.4 Å². The van der Waals surface area contributed by atoms with E-state index in [9.17, 15) is 18.8 Å². The number of hydrogen-bond acceptors (Lipinski definition) is 6. The Hall–Kier alpha value is -4.38. The molecule has 194 valence electrons. The van der Waals surface area contributed by atoms with Crippen molar-refractivity contribution in [3.63, 3.8) is 0 Å². The number of benzene rings is 2. The largest absolute Gasteiger partial charge is 0.478 e. The summed E-state index contributed by atoms with van der Waals surface area (Å²) in [6.45, 7) is 2.05. The van der Waals surface area contributed by atoms with E-state index in [2.05, 4.69) is 15.4 Å². The third kappa shape index (κ3) is 4.45. The minimum Gasteiger partial charge on any atom is -0.478 e. The van der Waals surface area contributed by atoms with Gasteiger partial charge in [-0.3, -0.25) is 14.3 Å². The lowest BCUT2D eigenvalue weighted by molar-refractivity contribution is -0.123. The van der Waals surface area contributed by atoms with Gasteiger partial charge in [0.15, 0.2) is 17.3 Å². The quantitative estimate of drug-likeness (QED) is 0.401. The summed E-state index contributed by atoms with van der Waals surface area (Å²) in [7, 11) is 1.77. The van der Waals surface area contributed by atoms with Crippen LogP contribution in [0.15, 0.2) is 48.7 Å². The molecule has 0 radical (unpaired) electrons. The Bertz CT molecular complexity index is 1580. The molecule has 1 aliphatic rings. The van der Waals surface area contributed by atoms with E-state index < -0.39 is 23.7 Å². The van der Waals surface area contributed by atoms with E-state index in [4.69, 9.17) is 16.7 Å². The average molecular weight is 537 g/mol. The number of Topliss-reactive ketones (excluding diaryl/α,β-unsaturated/α-hetero) is 1. The van der Waals surface area contributed by atoms with Crippen LogP contribution in [0.25, 0.3) is 5.69 Å². The van der Waals surface area contributed by atoms with Crippen molar-refractivity contribution in [3.05, 3.63) is 93.3 Å². The molecule has 4 aromatic rings. The molecule has 3 heterocycles. The molecule has 0 aliphatic carbocycles. The zero-order chi connectivity index (χ0) is 27.1. The number of nitrogens with zero attached hydrogens (tertiary/aromatic N) is 6. The van der Waals surface area contributed by atoms with Crippen molar-refractivity contribution in [1.82, 2.24) is 29.7 Å². The van der Waals surface area contributed by atoms with Crippen LogP contribution in [-0.4, -0.2) is 59.0 Å². The SMILES string of the molecule is Cc1c2c(nn1C)CCN(C(=O)c1cn(-c3cccc(Cl)c3F)nn1)C2C(=O)Cc1ccc(C(=O)O)cc1. The monoisotopic (exact) mass is 536 g/mol. The summed E-state index contributed by atoms with van der Waals surface area (Å²) >= 11 is 5.88. The molecule has 2 aromatic carbocycles. The highest BCUT2D eigenvalue weighted by atomic mass is 35.5. The molecule has 12 heteroatoms. The summed E-state index contributed by atoms with van der Waals surface area (Å²) in [4.78, 5) is 40.0. The van der Waals surface area contributed by atoms with Crippen molar-refractivity contribution >= 4 is 29.3 Å². The summed E-state index contributed by atoms with van der Waals surface area (Å²) in [6, 6.07) is 9.50. The Morgan fingerprint density at radius 3 is 2.61 bits per heavy atom. The molecule has 10 nitrogen and oxygen atoms in total. The van der Waals surface area contributed by atoms with Gasteiger partial charge in [0.05, 0.1) is 22.5 Å². The van der Waals surface area contributed by atoms with E-state index in [1.54, 1.807) is 29.9 Å². The highest BCUT2D eigenvalue weighted by Gasteiger charge is 2.40. The van der Waals surface area contributed by atoms with Crippen molar-refractivity contribution in [3.8, 4) is 5.69 Å². The predicted molar refractivity (Wildman–Crippen MR) is 134 cm³/mol. The molecule has 1 unspecified atom stereocenters. The van der Waals surface area contributed by atoms with Crippen LogP contribution >= 0.6 is 11.6 Å². The van der Waals surface area contributed by atoms with E-state index in [1.807, 2.05) is 6.92 Å². The molecule has 5 rings (SSSR count). The molecule has 38 heavy (non-hydrogen) atoms. The second-order valence-electron chi connectivity index (χ2n) is 8.99. The first-order valence-corrected chi connectivity index (χ1v) is 12.1. The molecule has 1 atom stereocenters. The number of aryl methyl sites for hydroxylation is 1. The second-order valence-corrected chi connectivity index (χ2v) is 9.39. The molecule has 1 aliphatic heterocycles. The van der Waals surface area contributed by atoms with E-state index in [0.29, 0.717) is 17.5 Å². The van der Waals surface area contributed by atoms with Gasteiger partial charge in [-0.25, -0.2) is 13.9 Å². The molecular weight excluding hydrogens is 515 g/mol. The molecule has 0 saturated heterocycles. The number of carboxylic acids is 1. The van der Waals surface area contributed by atoms with Gasteiger partial charge in [-0.1, -0.05) is 35.0 Å². The zero-order valence-electron chi connectivity index (χ0n) is 20.4. The lowest BCUT2D eigenvalue weighted by Gasteiger charge is -2.34. The van der Waals surface area contributed by atoms with E-state index in [0.717, 1.165) is 16.1 Å². The number of fused-ring (bicyclic) bond motifs is 1. The smallest absolute Gasteiger partial charge is 0.335 e. The molecule has 0 fully saturated rings. The number of hydrogen-bond donors (Lipinski definition) is 1. The maximum Gasteiger partial charge on any atom is 0.335 e. The molecule has 2 aromatic heterocycles. The normalized spacial score (nSPS) is 14.8. The Labute approximate surface area is 221 Å². The van der Waals surface area contributed by atoms with Gasteiger partial charge in [-0.05, 0) is 36.8 Å². The van der Waals surface area contributed by atoms with Gasteiger partial charge in [0.1, 0.15) is 11.7 Å². The van der Waals surface area contributed by atoms with Crippen LogP contribution < -0.4 is 0 Å². The number of aromatic carboxylic acids is 1. The van der Waals surface area contributed by atoms with E-state index >= 15 is 0 Å². The van der Waals surface area contributed by atoms with Crippen molar-refractivity contribution in [1.29, 1.82) is 0 Å². The molecule has 0 saturated carbocycles. The number of rotatable bonds is 6. The molecule has 1 N–H and O–H groups in total. The van der Waals surface area contributed by atoms with Gasteiger partial charge in [-0.2, -0.15) is 5.10 Å². The topological polar surface area (TPSA) is 123 Å². The molecule has 1 amide bonds. The first-order valence-electron chi connectivity index (χ1n) is 11.7. The van der Waals surface area contributed by atoms with Crippen molar-refractivity contribution < 1.29 is 23.9 Å². The van der Waals surface area contributed by atoms with E-state index in [-0.39, 0.29) is 40.7 Å². The van der Waals surface area contributed by atoms with Crippen molar-refractivity contribution in [2.45, 2.75) is 25.8 Å². The Morgan fingerprint density at radius 1 is 1.16 bits per heavy atom. The highest BCUT2D eigenvalue weighted by Crippen LogP contribution is 2.34. The summed E-state index contributed by atoms with van der Waals surface area (Å²) in [5, 5.41) is 21.4. The number of carbonyl (C=O) groups excluding carboxylic acids is 2. The van der Waals surface area contributed by atoms with Crippen LogP contribution in [0.1, 0.15) is 49.4 Å². The Kier molecular flexibility index (Phi) is 6.53. The Morgan fingerprint density at radius 2 is 1.89 bits per heavy atom. The van der Waals surface area contributed by atoms with Crippen molar-refractivity contribution in [2.24, 2.45) is 7.05 Å². The first-order chi connectivity index (χ1) is 18.2. The fourth-order valence-corrected chi connectivity index (χ4v) is 4.83. The van der Waals surface area contributed by atoms with Crippen LogP contribution in [0.2, 0.25) is 5.02 Å². The number of carbonyl (C=O) groups is 3. The lowest BCUT2D eigenvalue weighted by Crippen LogP contribution is -2.44. The van der Waals surface area contributed by atoms with Crippen LogP contribution in [0.5, 0.6) is 0 Å². The Balaban J connectivity index is 1.48. The fraction of sp³-hybridized carbons (Fsp3) is 0.231. The minimum atomic E-state index is -1.06. The first kappa shape index (κ1) is 25.3. The predicted octanol–water partition coefficient (Wildman–Crippen LogP) is 3.35. The highest BCUT2D eigenvalue weighted by molar-refractivity contribution is 6.30.